The third kappa shape index (κ3) is 3.58. The number of azo groups is 1. The van der Waals surface area contributed by atoms with Gasteiger partial charge in [0.1, 0.15) is 0 Å². The lowest BCUT2D eigenvalue weighted by Gasteiger charge is -2.26. The molecule has 2 aromatic rings. The number of hydrogen-bond donors (Lipinski definition) is 0. The highest BCUT2D eigenvalue weighted by atomic mass is 32.2. The van der Waals surface area contributed by atoms with Crippen LogP contribution in [0.1, 0.15) is 5.56 Å². The molecule has 0 N–H and O–H groups in total. The molecule has 10 heteroatoms. The zero-order chi connectivity index (χ0) is 18.9. The second-order valence-electron chi connectivity index (χ2n) is 6.19. The van der Waals surface area contributed by atoms with Gasteiger partial charge in [0, 0.05) is 42.9 Å². The van der Waals surface area contributed by atoms with Crippen LogP contribution in [0.4, 0.5) is 5.95 Å². The molecule has 1 aromatic heterocycles. The van der Waals surface area contributed by atoms with Gasteiger partial charge in [-0.2, -0.15) is 5.11 Å². The summed E-state index contributed by atoms with van der Waals surface area (Å²) < 4.78 is 29.9. The topological polar surface area (TPSA) is 109 Å². The van der Waals surface area contributed by atoms with E-state index in [4.69, 9.17) is 4.74 Å². The molecule has 9 nitrogen and oxygen atoms in total. The van der Waals surface area contributed by atoms with E-state index >= 15 is 0 Å². The molecule has 2 aliphatic rings. The highest BCUT2D eigenvalue weighted by Crippen LogP contribution is 2.30. The second-order valence-corrected chi connectivity index (χ2v) is 8.17. The molecule has 0 unspecified atom stereocenters. The zero-order valence-corrected chi connectivity index (χ0v) is 15.6. The molecule has 1 fully saturated rings. The van der Waals surface area contributed by atoms with Gasteiger partial charge in [-0.1, -0.05) is 12.1 Å². The predicted molar refractivity (Wildman–Crippen MR) is 99.9 cm³/mol. The van der Waals surface area contributed by atoms with Crippen LogP contribution in [0, 0.1) is 0 Å². The van der Waals surface area contributed by atoms with E-state index in [1.165, 1.54) is 6.26 Å². The average Bonchev–Trinajstić information content (AvgIpc) is 3.22. The quantitative estimate of drug-likeness (QED) is 0.789. The molecule has 1 aromatic carbocycles. The molecule has 3 heterocycles. The monoisotopic (exact) mass is 386 g/mol. The smallest absolute Gasteiger partial charge is 0.225 e. The third-order valence-corrected chi connectivity index (χ3v) is 5.48. The lowest BCUT2D eigenvalue weighted by Crippen LogP contribution is -2.37. The zero-order valence-electron chi connectivity index (χ0n) is 14.7. The number of morpholine rings is 1. The van der Waals surface area contributed by atoms with Gasteiger partial charge in [0.05, 0.1) is 18.1 Å². The molecule has 0 amide bonds. The number of nitrogens with zero attached hydrogens (tertiary/aromatic N) is 6. The maximum Gasteiger partial charge on any atom is 0.225 e. The summed E-state index contributed by atoms with van der Waals surface area (Å²) >= 11 is 0. The third-order valence-electron chi connectivity index (χ3n) is 4.34. The van der Waals surface area contributed by atoms with Gasteiger partial charge < -0.3 is 9.64 Å². The van der Waals surface area contributed by atoms with Crippen LogP contribution in [-0.4, -0.2) is 63.4 Å². The summed E-state index contributed by atoms with van der Waals surface area (Å²) in [5, 5.41) is 7.86. The maximum absolute atomic E-state index is 12.3. The molecule has 0 spiro atoms. The fraction of sp³-hybridized carbons (Fsp3) is 0.353. The molecule has 2 aliphatic heterocycles. The van der Waals surface area contributed by atoms with E-state index in [0.29, 0.717) is 41.7 Å². The number of benzene rings is 1. The summed E-state index contributed by atoms with van der Waals surface area (Å²) in [4.78, 5) is 15.3. The van der Waals surface area contributed by atoms with Gasteiger partial charge in [-0.3, -0.25) is 0 Å². The van der Waals surface area contributed by atoms with Crippen LogP contribution in [0.2, 0.25) is 0 Å². The lowest BCUT2D eigenvalue weighted by molar-refractivity contribution is 0.122. The molecular weight excluding hydrogens is 368 g/mol. The van der Waals surface area contributed by atoms with E-state index in [1.54, 1.807) is 24.5 Å². The maximum atomic E-state index is 12.3. The van der Waals surface area contributed by atoms with Gasteiger partial charge in [0.15, 0.2) is 22.3 Å². The number of aromatic nitrogens is 2. The van der Waals surface area contributed by atoms with Crippen molar-refractivity contribution >= 4 is 21.6 Å². The Morgan fingerprint density at radius 2 is 1.85 bits per heavy atom. The van der Waals surface area contributed by atoms with Crippen LogP contribution in [-0.2, 0) is 14.6 Å². The van der Waals surface area contributed by atoms with Crippen molar-refractivity contribution < 1.29 is 13.2 Å². The van der Waals surface area contributed by atoms with Crippen molar-refractivity contribution in [2.24, 2.45) is 15.2 Å². The van der Waals surface area contributed by atoms with E-state index < -0.39 is 9.84 Å². The molecule has 4 rings (SSSR count). The van der Waals surface area contributed by atoms with E-state index in [2.05, 4.69) is 30.1 Å². The van der Waals surface area contributed by atoms with Gasteiger partial charge in [-0.25, -0.2) is 23.4 Å². The fourth-order valence-electron chi connectivity index (χ4n) is 3.06. The van der Waals surface area contributed by atoms with Crippen LogP contribution in [0.15, 0.2) is 50.7 Å². The van der Waals surface area contributed by atoms with Crippen LogP contribution in [0.5, 0.6) is 0 Å². The number of hydrogen-bond acceptors (Lipinski definition) is 9. The Morgan fingerprint density at radius 1 is 1.11 bits per heavy atom. The molecule has 1 saturated heterocycles. The number of sulfone groups is 1. The van der Waals surface area contributed by atoms with Crippen molar-refractivity contribution in [3.05, 3.63) is 36.2 Å². The minimum Gasteiger partial charge on any atom is -0.378 e. The molecule has 0 radical (unpaired) electrons. The standard InChI is InChI=1S/C17H18N6O3S/c1-27(24,25)14-4-2-3-13(15(14)16-20-11-21-22-16)12-9-18-17(19-10-12)23-5-7-26-8-6-23/h2-4,9-10H,5-8,11H2,1H3. The van der Waals surface area contributed by atoms with E-state index in [9.17, 15) is 8.42 Å². The van der Waals surface area contributed by atoms with Crippen LogP contribution in [0.25, 0.3) is 11.1 Å². The largest absolute Gasteiger partial charge is 0.378 e. The summed E-state index contributed by atoms with van der Waals surface area (Å²) in [5.41, 5.74) is 1.78. The van der Waals surface area contributed by atoms with Crippen molar-refractivity contribution in [2.75, 3.05) is 44.1 Å². The van der Waals surface area contributed by atoms with Gasteiger partial charge in [-0.05, 0) is 11.6 Å². The van der Waals surface area contributed by atoms with Crippen LogP contribution in [0.3, 0.4) is 0 Å². The van der Waals surface area contributed by atoms with Crippen molar-refractivity contribution in [3.63, 3.8) is 0 Å². The van der Waals surface area contributed by atoms with Gasteiger partial charge in [0.25, 0.3) is 0 Å². The van der Waals surface area contributed by atoms with Gasteiger partial charge in [-0.15, -0.1) is 5.11 Å². The SMILES string of the molecule is CS(=O)(=O)c1cccc(-c2cnc(N3CCOCC3)nc2)c1C1=NCN=N1. The van der Waals surface area contributed by atoms with Crippen molar-refractivity contribution in [2.45, 2.75) is 4.90 Å². The molecule has 0 atom stereocenters. The van der Waals surface area contributed by atoms with Crippen LogP contribution < -0.4 is 4.90 Å². The summed E-state index contributed by atoms with van der Waals surface area (Å²) in [6, 6.07) is 5.05. The first-order chi connectivity index (χ1) is 13.0. The van der Waals surface area contributed by atoms with E-state index in [-0.39, 0.29) is 11.6 Å². The number of ether oxygens (including phenoxy) is 1. The van der Waals surface area contributed by atoms with E-state index in [1.807, 2.05) is 6.07 Å². The second kappa shape index (κ2) is 7.12. The number of aliphatic imine (C=N–C) groups is 1. The van der Waals surface area contributed by atoms with Gasteiger partial charge in [0.2, 0.25) is 5.95 Å². The summed E-state index contributed by atoms with van der Waals surface area (Å²) in [6.07, 6.45) is 4.55. The molecule has 0 saturated carbocycles. The molecule has 0 bridgehead atoms. The van der Waals surface area contributed by atoms with Crippen molar-refractivity contribution in [3.8, 4) is 11.1 Å². The molecule has 140 valence electrons. The average molecular weight is 386 g/mol. The van der Waals surface area contributed by atoms with Crippen LogP contribution >= 0.6 is 0 Å². The Balaban J connectivity index is 1.78. The molecule has 27 heavy (non-hydrogen) atoms. The Morgan fingerprint density at radius 3 is 2.48 bits per heavy atom. The normalized spacial score (nSPS) is 17.2. The number of anilines is 1. The van der Waals surface area contributed by atoms with Gasteiger partial charge >= 0.3 is 0 Å². The minimum absolute atomic E-state index is 0.164. The molecular formula is C17H18N6O3S. The number of rotatable bonds is 4. The lowest BCUT2D eigenvalue weighted by atomic mass is 10.0. The minimum atomic E-state index is -3.47. The summed E-state index contributed by atoms with van der Waals surface area (Å²) in [7, 11) is -3.47. The van der Waals surface area contributed by atoms with Crippen molar-refractivity contribution in [1.29, 1.82) is 0 Å². The highest BCUT2D eigenvalue weighted by Gasteiger charge is 2.23. The van der Waals surface area contributed by atoms with Crippen molar-refractivity contribution in [1.82, 2.24) is 9.97 Å². The Bertz CT molecular complexity index is 1010. The Kier molecular flexibility index (Phi) is 4.66. The predicted octanol–water partition coefficient (Wildman–Crippen LogP) is 1.55. The molecule has 0 aliphatic carbocycles. The Hall–Kier alpha value is -2.72. The number of amidine groups is 1. The van der Waals surface area contributed by atoms with E-state index in [0.717, 1.165) is 13.1 Å². The Labute approximate surface area is 156 Å². The first-order valence-electron chi connectivity index (χ1n) is 8.44. The fourth-order valence-corrected chi connectivity index (χ4v) is 3.95. The first-order valence-corrected chi connectivity index (χ1v) is 10.3. The highest BCUT2D eigenvalue weighted by molar-refractivity contribution is 7.90. The summed E-state index contributed by atoms with van der Waals surface area (Å²) in [6.45, 7) is 2.98. The first kappa shape index (κ1) is 17.7. The summed E-state index contributed by atoms with van der Waals surface area (Å²) in [5.74, 6) is 0.934.